The Morgan fingerprint density at radius 3 is 2.58 bits per heavy atom. The van der Waals surface area contributed by atoms with Crippen molar-refractivity contribution in [3.63, 3.8) is 0 Å². The van der Waals surface area contributed by atoms with Gasteiger partial charge in [0.1, 0.15) is 6.10 Å². The molecule has 0 aromatic carbocycles. The van der Waals surface area contributed by atoms with E-state index in [4.69, 9.17) is 9.94 Å². The van der Waals surface area contributed by atoms with Gasteiger partial charge in [-0.05, 0) is 32.6 Å². The monoisotopic (exact) mass is 171 g/mol. The number of carboxylic acid groups (broad SMARTS) is 1. The fraction of sp³-hybridized carbons (Fsp3) is 0.750. The first-order chi connectivity index (χ1) is 5.70. The summed E-state index contributed by atoms with van der Waals surface area (Å²) in [6.45, 7) is 1.43. The zero-order valence-corrected chi connectivity index (χ0v) is 7.12. The highest BCUT2D eigenvalue weighted by atomic mass is 16.6. The summed E-state index contributed by atoms with van der Waals surface area (Å²) >= 11 is 0. The summed E-state index contributed by atoms with van der Waals surface area (Å²) in [6.07, 6.45) is 4.45. The maximum atomic E-state index is 10.3. The largest absolute Gasteiger partial charge is 0.477 e. The SMILES string of the molecule is C/C(=N\OC1CCCC1)C(=O)O. The van der Waals surface area contributed by atoms with Gasteiger partial charge in [0, 0.05) is 0 Å². The van der Waals surface area contributed by atoms with Crippen LogP contribution in [-0.4, -0.2) is 22.9 Å². The molecule has 12 heavy (non-hydrogen) atoms. The number of hydrogen-bond acceptors (Lipinski definition) is 3. The Balaban J connectivity index is 2.31. The molecule has 4 heteroatoms. The fourth-order valence-electron chi connectivity index (χ4n) is 1.19. The van der Waals surface area contributed by atoms with Crippen molar-refractivity contribution >= 4 is 11.7 Å². The van der Waals surface area contributed by atoms with E-state index in [-0.39, 0.29) is 11.8 Å². The van der Waals surface area contributed by atoms with Crippen molar-refractivity contribution in [3.8, 4) is 0 Å². The van der Waals surface area contributed by atoms with Crippen LogP contribution in [0.4, 0.5) is 0 Å². The molecule has 4 nitrogen and oxygen atoms in total. The van der Waals surface area contributed by atoms with Gasteiger partial charge in [-0.3, -0.25) is 0 Å². The van der Waals surface area contributed by atoms with Crippen LogP contribution in [-0.2, 0) is 9.63 Å². The summed E-state index contributed by atoms with van der Waals surface area (Å²) in [5, 5.41) is 12.0. The van der Waals surface area contributed by atoms with E-state index >= 15 is 0 Å². The van der Waals surface area contributed by atoms with Gasteiger partial charge in [-0.15, -0.1) is 0 Å². The molecule has 0 aliphatic heterocycles. The standard InChI is InChI=1S/C8H13NO3/c1-6(8(10)11)9-12-7-4-2-3-5-7/h7H,2-5H2,1H3,(H,10,11)/b9-6+. The quantitative estimate of drug-likeness (QED) is 0.516. The Bertz CT molecular complexity index is 194. The lowest BCUT2D eigenvalue weighted by molar-refractivity contribution is -0.129. The number of hydrogen-bond donors (Lipinski definition) is 1. The maximum Gasteiger partial charge on any atom is 0.353 e. The summed E-state index contributed by atoms with van der Waals surface area (Å²) < 4.78 is 0. The molecular weight excluding hydrogens is 158 g/mol. The van der Waals surface area contributed by atoms with Crippen molar-refractivity contribution in [2.24, 2.45) is 5.16 Å². The fourth-order valence-corrected chi connectivity index (χ4v) is 1.19. The Labute approximate surface area is 71.2 Å². The van der Waals surface area contributed by atoms with Gasteiger partial charge >= 0.3 is 5.97 Å². The Morgan fingerprint density at radius 2 is 2.08 bits per heavy atom. The third-order valence-corrected chi connectivity index (χ3v) is 1.95. The molecule has 1 fully saturated rings. The van der Waals surface area contributed by atoms with Crippen molar-refractivity contribution in [1.29, 1.82) is 0 Å². The summed E-state index contributed by atoms with van der Waals surface area (Å²) in [5.74, 6) is -1.02. The van der Waals surface area contributed by atoms with Crippen molar-refractivity contribution in [2.45, 2.75) is 38.7 Å². The summed E-state index contributed by atoms with van der Waals surface area (Å²) in [5.41, 5.74) is 0.0156. The topological polar surface area (TPSA) is 58.9 Å². The van der Waals surface area contributed by atoms with E-state index in [1.54, 1.807) is 0 Å². The molecule has 0 aromatic rings. The van der Waals surface area contributed by atoms with Crippen LogP contribution in [0.2, 0.25) is 0 Å². The predicted octanol–water partition coefficient (Wildman–Crippen LogP) is 1.41. The van der Waals surface area contributed by atoms with Gasteiger partial charge in [0.25, 0.3) is 0 Å². The molecule has 0 radical (unpaired) electrons. The van der Waals surface area contributed by atoms with Gasteiger partial charge in [0.15, 0.2) is 5.71 Å². The molecule has 0 aromatic heterocycles. The molecule has 0 unspecified atom stereocenters. The van der Waals surface area contributed by atoms with Crippen LogP contribution in [0.3, 0.4) is 0 Å². The second-order valence-corrected chi connectivity index (χ2v) is 2.99. The molecule has 1 N–H and O–H groups in total. The first-order valence-electron chi connectivity index (χ1n) is 4.14. The average molecular weight is 171 g/mol. The molecule has 0 amide bonds. The molecule has 0 bridgehead atoms. The van der Waals surface area contributed by atoms with Crippen LogP contribution < -0.4 is 0 Å². The lowest BCUT2D eigenvalue weighted by Gasteiger charge is -2.05. The van der Waals surface area contributed by atoms with Crippen molar-refractivity contribution < 1.29 is 14.7 Å². The highest BCUT2D eigenvalue weighted by molar-refractivity contribution is 6.34. The van der Waals surface area contributed by atoms with E-state index in [9.17, 15) is 4.79 Å². The minimum absolute atomic E-state index is 0.0156. The zero-order valence-electron chi connectivity index (χ0n) is 7.12. The Morgan fingerprint density at radius 1 is 1.50 bits per heavy atom. The lowest BCUT2D eigenvalue weighted by atomic mass is 10.3. The molecule has 0 heterocycles. The molecular formula is C8H13NO3. The Hall–Kier alpha value is -1.06. The van der Waals surface area contributed by atoms with E-state index in [2.05, 4.69) is 5.16 Å². The van der Waals surface area contributed by atoms with E-state index in [0.717, 1.165) is 25.7 Å². The predicted molar refractivity (Wildman–Crippen MR) is 44.1 cm³/mol. The second-order valence-electron chi connectivity index (χ2n) is 2.99. The molecule has 1 aliphatic carbocycles. The molecule has 0 atom stereocenters. The van der Waals surface area contributed by atoms with Gasteiger partial charge in [-0.25, -0.2) is 4.79 Å². The van der Waals surface area contributed by atoms with Crippen LogP contribution in [0.1, 0.15) is 32.6 Å². The average Bonchev–Trinajstić information content (AvgIpc) is 2.51. The highest BCUT2D eigenvalue weighted by Gasteiger charge is 2.16. The number of oxime groups is 1. The maximum absolute atomic E-state index is 10.3. The second kappa shape index (κ2) is 4.09. The van der Waals surface area contributed by atoms with Crippen LogP contribution in [0.25, 0.3) is 0 Å². The number of carboxylic acids is 1. The smallest absolute Gasteiger partial charge is 0.353 e. The van der Waals surface area contributed by atoms with Crippen LogP contribution in [0, 0.1) is 0 Å². The number of carbonyl (C=O) groups is 1. The minimum atomic E-state index is -1.02. The van der Waals surface area contributed by atoms with Crippen molar-refractivity contribution in [2.75, 3.05) is 0 Å². The first-order valence-corrected chi connectivity index (χ1v) is 4.14. The lowest BCUT2D eigenvalue weighted by Crippen LogP contribution is -2.11. The van der Waals surface area contributed by atoms with Crippen molar-refractivity contribution in [1.82, 2.24) is 0 Å². The Kier molecular flexibility index (Phi) is 3.08. The molecule has 0 saturated heterocycles. The van der Waals surface area contributed by atoms with Crippen LogP contribution in [0.15, 0.2) is 5.16 Å². The minimum Gasteiger partial charge on any atom is -0.477 e. The van der Waals surface area contributed by atoms with Gasteiger partial charge in [-0.2, -0.15) is 0 Å². The van der Waals surface area contributed by atoms with Crippen molar-refractivity contribution in [3.05, 3.63) is 0 Å². The van der Waals surface area contributed by atoms with Gasteiger partial charge < -0.3 is 9.94 Å². The summed E-state index contributed by atoms with van der Waals surface area (Å²) in [6, 6.07) is 0. The van der Waals surface area contributed by atoms with E-state index < -0.39 is 5.97 Å². The highest BCUT2D eigenvalue weighted by Crippen LogP contribution is 2.20. The van der Waals surface area contributed by atoms with Crippen LogP contribution >= 0.6 is 0 Å². The van der Waals surface area contributed by atoms with E-state index in [0.29, 0.717) is 0 Å². The van der Waals surface area contributed by atoms with E-state index in [1.165, 1.54) is 6.92 Å². The number of rotatable bonds is 3. The third-order valence-electron chi connectivity index (χ3n) is 1.95. The number of aliphatic carboxylic acids is 1. The third kappa shape index (κ3) is 2.53. The summed E-state index contributed by atoms with van der Waals surface area (Å²) in [7, 11) is 0. The van der Waals surface area contributed by atoms with Gasteiger partial charge in [0.05, 0.1) is 0 Å². The molecule has 1 saturated carbocycles. The molecule has 1 rings (SSSR count). The molecule has 0 spiro atoms. The zero-order chi connectivity index (χ0) is 8.97. The number of nitrogens with zero attached hydrogens (tertiary/aromatic N) is 1. The summed E-state index contributed by atoms with van der Waals surface area (Å²) in [4.78, 5) is 15.3. The van der Waals surface area contributed by atoms with Gasteiger partial charge in [-0.1, -0.05) is 5.16 Å². The first kappa shape index (κ1) is 9.03. The van der Waals surface area contributed by atoms with Crippen LogP contribution in [0.5, 0.6) is 0 Å². The van der Waals surface area contributed by atoms with E-state index in [1.807, 2.05) is 0 Å². The molecule has 1 aliphatic rings. The molecule has 68 valence electrons. The van der Waals surface area contributed by atoms with Gasteiger partial charge in [0.2, 0.25) is 0 Å². The normalized spacial score (nSPS) is 19.6.